The Morgan fingerprint density at radius 3 is 1.77 bits per heavy atom. The van der Waals surface area contributed by atoms with E-state index in [2.05, 4.69) is 31.5 Å². The average Bonchev–Trinajstić information content (AvgIpc) is 3.08. The van der Waals surface area contributed by atoms with Crippen LogP contribution in [-0.2, 0) is 43.1 Å². The van der Waals surface area contributed by atoms with Crippen LogP contribution in [0.4, 0.5) is 5.69 Å². The van der Waals surface area contributed by atoms with Gasteiger partial charge in [0.2, 0.25) is 35.4 Å². The maximum Gasteiger partial charge on any atom is 0.332 e. The standard InChI is InChI=1S/C31H45N7O10/c1-3-28(44)38(22-8-5-4-6-9-22)31(30(47)48-2)12-15-37(16-13-31)17-14-32-23(39)10-7-11-24(40)33-18-25(41)34-19-26(42)35-20-27(43)36-21-29(45)46/h4-6,8-9H,3,7,10-21H2,1-2H3,(H,32,39)(H,33,40)(H,34,41)(H,35,42)(H,36,43)(H,45,46). The highest BCUT2D eigenvalue weighted by Gasteiger charge is 2.49. The largest absolute Gasteiger partial charge is 0.480 e. The summed E-state index contributed by atoms with van der Waals surface area (Å²) in [5.41, 5.74) is -0.502. The molecule has 0 saturated carbocycles. The van der Waals surface area contributed by atoms with Crippen LogP contribution in [0.15, 0.2) is 30.3 Å². The molecule has 264 valence electrons. The van der Waals surface area contributed by atoms with Crippen LogP contribution in [0, 0.1) is 0 Å². The van der Waals surface area contributed by atoms with Crippen molar-refractivity contribution in [3.63, 3.8) is 0 Å². The van der Waals surface area contributed by atoms with Crippen molar-refractivity contribution in [3.05, 3.63) is 30.3 Å². The molecule has 48 heavy (non-hydrogen) atoms. The van der Waals surface area contributed by atoms with Gasteiger partial charge in [0.05, 0.1) is 26.7 Å². The van der Waals surface area contributed by atoms with E-state index < -0.39 is 60.7 Å². The second-order valence-corrected chi connectivity index (χ2v) is 11.0. The molecule has 1 aliphatic heterocycles. The Balaban J connectivity index is 1.65. The van der Waals surface area contributed by atoms with E-state index >= 15 is 0 Å². The van der Waals surface area contributed by atoms with Gasteiger partial charge in [-0.2, -0.15) is 0 Å². The molecule has 17 heteroatoms. The number of esters is 1. The second kappa shape index (κ2) is 20.2. The Hall–Kier alpha value is -5.06. The maximum atomic E-state index is 13.1. The van der Waals surface area contributed by atoms with E-state index in [0.29, 0.717) is 44.7 Å². The number of aliphatic carboxylic acids is 1. The van der Waals surface area contributed by atoms with E-state index in [1.54, 1.807) is 24.0 Å². The number of ether oxygens (including phenoxy) is 1. The molecule has 1 aromatic rings. The second-order valence-electron chi connectivity index (χ2n) is 11.0. The number of hydrogen-bond acceptors (Lipinski definition) is 10. The summed E-state index contributed by atoms with van der Waals surface area (Å²) in [7, 11) is 1.32. The number of amides is 6. The predicted octanol–water partition coefficient (Wildman–Crippen LogP) is -1.73. The number of carbonyl (C=O) groups is 8. The number of carboxylic acid groups (broad SMARTS) is 1. The Labute approximate surface area is 278 Å². The van der Waals surface area contributed by atoms with Gasteiger partial charge < -0.3 is 41.3 Å². The van der Waals surface area contributed by atoms with Gasteiger partial charge in [-0.1, -0.05) is 25.1 Å². The highest BCUT2D eigenvalue weighted by atomic mass is 16.5. The van der Waals surface area contributed by atoms with Crippen molar-refractivity contribution in [1.29, 1.82) is 0 Å². The molecule has 0 aliphatic carbocycles. The molecule has 0 radical (unpaired) electrons. The number of carboxylic acids is 1. The van der Waals surface area contributed by atoms with Crippen molar-refractivity contribution in [1.82, 2.24) is 31.5 Å². The lowest BCUT2D eigenvalue weighted by Crippen LogP contribution is -2.63. The average molecular weight is 676 g/mol. The van der Waals surface area contributed by atoms with Gasteiger partial charge in [0.15, 0.2) is 0 Å². The molecule has 1 aliphatic rings. The summed E-state index contributed by atoms with van der Waals surface area (Å²) in [4.78, 5) is 99.5. The molecule has 6 amide bonds. The molecule has 0 aromatic heterocycles. The minimum absolute atomic E-state index is 0.00275. The zero-order valence-corrected chi connectivity index (χ0v) is 27.3. The fourth-order valence-electron chi connectivity index (χ4n) is 5.06. The number of para-hydroxylation sites is 1. The molecule has 0 spiro atoms. The quantitative estimate of drug-likeness (QED) is 0.0903. The summed E-state index contributed by atoms with van der Waals surface area (Å²) in [5, 5.41) is 20.2. The SMILES string of the molecule is CCC(=O)N(c1ccccc1)C1(C(=O)OC)CCN(CCNC(=O)CCCC(=O)NCC(=O)NCC(=O)NCC(=O)NCC(=O)O)CC1. The lowest BCUT2D eigenvalue weighted by Gasteiger charge is -2.46. The topological polar surface area (TPSA) is 233 Å². The van der Waals surface area contributed by atoms with E-state index in [0.717, 1.165) is 0 Å². The number of nitrogens with zero attached hydrogens (tertiary/aromatic N) is 2. The third-order valence-corrected chi connectivity index (χ3v) is 7.58. The van der Waals surface area contributed by atoms with E-state index in [4.69, 9.17) is 9.84 Å². The monoisotopic (exact) mass is 675 g/mol. The molecule has 1 fully saturated rings. The molecule has 17 nitrogen and oxygen atoms in total. The van der Waals surface area contributed by atoms with Crippen molar-refractivity contribution in [2.75, 3.05) is 64.4 Å². The molecule has 1 heterocycles. The minimum Gasteiger partial charge on any atom is -0.480 e. The van der Waals surface area contributed by atoms with Crippen LogP contribution in [0.5, 0.6) is 0 Å². The van der Waals surface area contributed by atoms with Crippen LogP contribution < -0.4 is 31.5 Å². The van der Waals surface area contributed by atoms with Gasteiger partial charge in [-0.05, 0) is 31.4 Å². The lowest BCUT2D eigenvalue weighted by atomic mass is 9.84. The number of benzene rings is 1. The summed E-state index contributed by atoms with van der Waals surface area (Å²) in [6.07, 6.45) is 1.30. The number of likely N-dealkylation sites (tertiary alicyclic amines) is 1. The normalized spacial score (nSPS) is 13.7. The van der Waals surface area contributed by atoms with Gasteiger partial charge in [0, 0.05) is 51.1 Å². The zero-order valence-electron chi connectivity index (χ0n) is 27.3. The van der Waals surface area contributed by atoms with E-state index in [9.17, 15) is 38.4 Å². The van der Waals surface area contributed by atoms with Crippen molar-refractivity contribution in [2.24, 2.45) is 0 Å². The van der Waals surface area contributed by atoms with Crippen molar-refractivity contribution in [2.45, 2.75) is 51.0 Å². The minimum atomic E-state index is -1.23. The first-order valence-electron chi connectivity index (χ1n) is 15.7. The highest BCUT2D eigenvalue weighted by molar-refractivity contribution is 6.02. The highest BCUT2D eigenvalue weighted by Crippen LogP contribution is 2.35. The first kappa shape index (κ1) is 39.1. The molecular formula is C31H45N7O10. The van der Waals surface area contributed by atoms with Gasteiger partial charge in [-0.25, -0.2) is 4.79 Å². The summed E-state index contributed by atoms with van der Waals surface area (Å²) >= 11 is 0. The number of piperidine rings is 1. The number of anilines is 1. The van der Waals surface area contributed by atoms with Crippen molar-refractivity contribution >= 4 is 53.1 Å². The lowest BCUT2D eigenvalue weighted by molar-refractivity contribution is -0.151. The van der Waals surface area contributed by atoms with Crippen LogP contribution in [0.3, 0.4) is 0 Å². The fraction of sp³-hybridized carbons (Fsp3) is 0.548. The number of rotatable bonds is 19. The molecule has 1 saturated heterocycles. The Morgan fingerprint density at radius 1 is 0.771 bits per heavy atom. The van der Waals surface area contributed by atoms with E-state index in [1.807, 2.05) is 18.2 Å². The zero-order chi connectivity index (χ0) is 35.5. The molecule has 2 rings (SSSR count). The van der Waals surface area contributed by atoms with Gasteiger partial charge >= 0.3 is 11.9 Å². The van der Waals surface area contributed by atoms with Crippen LogP contribution in [0.25, 0.3) is 0 Å². The number of carbonyl (C=O) groups excluding carboxylic acids is 7. The summed E-state index contributed by atoms with van der Waals surface area (Å²) < 4.78 is 5.17. The predicted molar refractivity (Wildman–Crippen MR) is 171 cm³/mol. The summed E-state index contributed by atoms with van der Waals surface area (Å²) in [5.74, 6) is -4.60. The van der Waals surface area contributed by atoms with Gasteiger partial charge in [0.1, 0.15) is 12.1 Å². The number of hydrogen-bond donors (Lipinski definition) is 6. The first-order valence-corrected chi connectivity index (χ1v) is 15.7. The Kier molecular flexibility index (Phi) is 16.5. The van der Waals surface area contributed by atoms with Crippen LogP contribution in [0.1, 0.15) is 45.4 Å². The Morgan fingerprint density at radius 2 is 1.27 bits per heavy atom. The molecule has 0 unspecified atom stereocenters. The molecular weight excluding hydrogens is 630 g/mol. The first-order chi connectivity index (χ1) is 22.9. The summed E-state index contributed by atoms with van der Waals surface area (Å²) in [6.45, 7) is 1.77. The molecule has 1 aromatic carbocycles. The molecule has 0 bridgehead atoms. The number of nitrogens with one attached hydrogen (secondary N) is 5. The van der Waals surface area contributed by atoms with E-state index in [1.165, 1.54) is 7.11 Å². The number of methoxy groups -OCH3 is 1. The van der Waals surface area contributed by atoms with Gasteiger partial charge in [0.25, 0.3) is 0 Å². The smallest absolute Gasteiger partial charge is 0.332 e. The van der Waals surface area contributed by atoms with E-state index in [-0.39, 0.29) is 44.0 Å². The molecule has 0 atom stereocenters. The molecule has 6 N–H and O–H groups in total. The van der Waals surface area contributed by atoms with Gasteiger partial charge in [-0.3, -0.25) is 38.5 Å². The summed E-state index contributed by atoms with van der Waals surface area (Å²) in [6, 6.07) is 9.06. The Bertz CT molecular complexity index is 1300. The van der Waals surface area contributed by atoms with Gasteiger partial charge in [-0.15, -0.1) is 0 Å². The van der Waals surface area contributed by atoms with Crippen molar-refractivity contribution in [3.8, 4) is 0 Å². The third kappa shape index (κ3) is 13.0. The van der Waals surface area contributed by atoms with Crippen LogP contribution in [-0.4, -0.2) is 122 Å². The maximum absolute atomic E-state index is 13.1. The fourth-order valence-corrected chi connectivity index (χ4v) is 5.06. The van der Waals surface area contributed by atoms with Crippen LogP contribution in [0.2, 0.25) is 0 Å². The third-order valence-electron chi connectivity index (χ3n) is 7.58. The van der Waals surface area contributed by atoms with Crippen molar-refractivity contribution < 1.29 is 48.2 Å². The van der Waals surface area contributed by atoms with Crippen LogP contribution >= 0.6 is 0 Å².